The van der Waals surface area contributed by atoms with Crippen LogP contribution in [0.4, 0.5) is 0 Å². The molecular weight excluding hydrogens is 138 g/mol. The molecule has 0 aliphatic heterocycles. The summed E-state index contributed by atoms with van der Waals surface area (Å²) in [7, 11) is 0. The van der Waals surface area contributed by atoms with E-state index >= 15 is 0 Å². The summed E-state index contributed by atoms with van der Waals surface area (Å²) < 4.78 is 3.47. The predicted molar refractivity (Wildman–Crippen MR) is 30.5 cm³/mol. The van der Waals surface area contributed by atoms with Gasteiger partial charge in [0.2, 0.25) is 0 Å². The SMILES string of the molecule is N#CC(O)c1csnn1. The van der Waals surface area contributed by atoms with E-state index in [2.05, 4.69) is 9.59 Å². The zero-order chi connectivity index (χ0) is 6.69. The Labute approximate surface area is 55.5 Å². The summed E-state index contributed by atoms with van der Waals surface area (Å²) in [5, 5.41) is 21.9. The molecule has 1 aromatic heterocycles. The third kappa shape index (κ3) is 1.22. The fourth-order valence-corrected chi connectivity index (χ4v) is 0.830. The Balaban J connectivity index is 2.80. The molecule has 0 spiro atoms. The van der Waals surface area contributed by atoms with Crippen LogP contribution in [0.3, 0.4) is 0 Å². The number of aliphatic hydroxyl groups excluding tert-OH is 1. The highest BCUT2D eigenvalue weighted by Gasteiger charge is 2.06. The Bertz CT molecular complexity index is 214. The van der Waals surface area contributed by atoms with Crippen LogP contribution >= 0.6 is 11.5 Å². The lowest BCUT2D eigenvalue weighted by atomic mass is 10.3. The van der Waals surface area contributed by atoms with Crippen LogP contribution in [-0.2, 0) is 0 Å². The molecule has 0 fully saturated rings. The van der Waals surface area contributed by atoms with Crippen LogP contribution in [0, 0.1) is 11.3 Å². The van der Waals surface area contributed by atoms with Gasteiger partial charge in [0.05, 0.1) is 0 Å². The molecule has 46 valence electrons. The number of aromatic nitrogens is 2. The molecule has 0 aromatic carbocycles. The second-order valence-corrected chi connectivity index (χ2v) is 1.97. The maximum Gasteiger partial charge on any atom is 0.185 e. The summed E-state index contributed by atoms with van der Waals surface area (Å²) in [6.07, 6.45) is -1.12. The van der Waals surface area contributed by atoms with Gasteiger partial charge in [-0.15, -0.1) is 5.10 Å². The van der Waals surface area contributed by atoms with E-state index in [0.29, 0.717) is 5.69 Å². The average Bonchev–Trinajstić information content (AvgIpc) is 2.37. The van der Waals surface area contributed by atoms with E-state index in [1.54, 1.807) is 6.07 Å². The number of nitriles is 1. The van der Waals surface area contributed by atoms with Gasteiger partial charge in [-0.1, -0.05) is 4.49 Å². The first kappa shape index (κ1) is 6.13. The molecule has 0 saturated carbocycles. The molecule has 0 aliphatic rings. The van der Waals surface area contributed by atoms with E-state index in [1.807, 2.05) is 0 Å². The van der Waals surface area contributed by atoms with Crippen LogP contribution < -0.4 is 0 Å². The highest BCUT2D eigenvalue weighted by molar-refractivity contribution is 7.03. The number of aliphatic hydroxyl groups is 1. The van der Waals surface area contributed by atoms with Gasteiger partial charge in [-0.3, -0.25) is 0 Å². The molecule has 5 heteroatoms. The molecular formula is C4H3N3OS. The largest absolute Gasteiger partial charge is 0.373 e. The van der Waals surface area contributed by atoms with Crippen LogP contribution in [0.15, 0.2) is 5.38 Å². The van der Waals surface area contributed by atoms with E-state index in [9.17, 15) is 0 Å². The van der Waals surface area contributed by atoms with E-state index < -0.39 is 6.10 Å². The van der Waals surface area contributed by atoms with Crippen molar-refractivity contribution in [1.29, 1.82) is 5.26 Å². The van der Waals surface area contributed by atoms with Crippen molar-refractivity contribution in [2.24, 2.45) is 0 Å². The van der Waals surface area contributed by atoms with Crippen LogP contribution in [0.5, 0.6) is 0 Å². The average molecular weight is 141 g/mol. The van der Waals surface area contributed by atoms with Crippen molar-refractivity contribution in [3.63, 3.8) is 0 Å². The van der Waals surface area contributed by atoms with Crippen LogP contribution in [0.2, 0.25) is 0 Å². The summed E-state index contributed by atoms with van der Waals surface area (Å²) in [6, 6.07) is 1.63. The van der Waals surface area contributed by atoms with Gasteiger partial charge in [-0.2, -0.15) is 5.26 Å². The maximum atomic E-state index is 8.76. The first-order valence-electron chi connectivity index (χ1n) is 2.19. The minimum Gasteiger partial charge on any atom is -0.373 e. The summed E-state index contributed by atoms with van der Waals surface area (Å²) in [6.45, 7) is 0. The second-order valence-electron chi connectivity index (χ2n) is 1.36. The van der Waals surface area contributed by atoms with E-state index in [-0.39, 0.29) is 0 Å². The molecule has 0 saturated heterocycles. The summed E-state index contributed by atoms with van der Waals surface area (Å²) in [5.74, 6) is 0. The Hall–Kier alpha value is -0.990. The van der Waals surface area contributed by atoms with Gasteiger partial charge in [0.25, 0.3) is 0 Å². The van der Waals surface area contributed by atoms with Crippen molar-refractivity contribution in [2.45, 2.75) is 6.10 Å². The van der Waals surface area contributed by atoms with E-state index in [4.69, 9.17) is 10.4 Å². The molecule has 1 unspecified atom stereocenters. The van der Waals surface area contributed by atoms with E-state index in [0.717, 1.165) is 11.5 Å². The van der Waals surface area contributed by atoms with Crippen molar-refractivity contribution in [1.82, 2.24) is 9.59 Å². The molecule has 0 bridgehead atoms. The smallest absolute Gasteiger partial charge is 0.185 e. The topological polar surface area (TPSA) is 69.8 Å². The fraction of sp³-hybridized carbons (Fsp3) is 0.250. The molecule has 1 atom stereocenters. The lowest BCUT2D eigenvalue weighted by Gasteiger charge is -1.89. The van der Waals surface area contributed by atoms with Crippen LogP contribution in [0.25, 0.3) is 0 Å². The van der Waals surface area contributed by atoms with E-state index in [1.165, 1.54) is 5.38 Å². The van der Waals surface area contributed by atoms with Crippen molar-refractivity contribution >= 4 is 11.5 Å². The third-order valence-corrected chi connectivity index (χ3v) is 1.30. The van der Waals surface area contributed by atoms with Gasteiger partial charge >= 0.3 is 0 Å². The molecule has 4 nitrogen and oxygen atoms in total. The van der Waals surface area contributed by atoms with Crippen molar-refractivity contribution in [3.8, 4) is 6.07 Å². The van der Waals surface area contributed by atoms with Gasteiger partial charge in [0, 0.05) is 5.38 Å². The summed E-state index contributed by atoms with van der Waals surface area (Å²) >= 11 is 1.11. The van der Waals surface area contributed by atoms with Gasteiger partial charge in [0.1, 0.15) is 11.8 Å². The van der Waals surface area contributed by atoms with Gasteiger partial charge in [-0.05, 0) is 11.5 Å². The monoisotopic (exact) mass is 141 g/mol. The highest BCUT2D eigenvalue weighted by atomic mass is 32.1. The zero-order valence-electron chi connectivity index (χ0n) is 4.35. The third-order valence-electron chi connectivity index (χ3n) is 0.779. The first-order valence-corrected chi connectivity index (χ1v) is 3.03. The normalized spacial score (nSPS) is 12.4. The van der Waals surface area contributed by atoms with Crippen molar-refractivity contribution < 1.29 is 5.11 Å². The molecule has 0 radical (unpaired) electrons. The number of rotatable bonds is 1. The number of hydrogen-bond acceptors (Lipinski definition) is 5. The lowest BCUT2D eigenvalue weighted by molar-refractivity contribution is 0.231. The van der Waals surface area contributed by atoms with Crippen molar-refractivity contribution in [3.05, 3.63) is 11.1 Å². The first-order chi connectivity index (χ1) is 4.34. The summed E-state index contributed by atoms with van der Waals surface area (Å²) in [4.78, 5) is 0. The molecule has 9 heavy (non-hydrogen) atoms. The van der Waals surface area contributed by atoms with Crippen LogP contribution in [0.1, 0.15) is 11.8 Å². The molecule has 1 heterocycles. The lowest BCUT2D eigenvalue weighted by Crippen LogP contribution is -1.92. The minimum atomic E-state index is -1.12. The highest BCUT2D eigenvalue weighted by Crippen LogP contribution is 2.07. The molecule has 1 aromatic rings. The minimum absolute atomic E-state index is 0.322. The molecule has 1 rings (SSSR count). The second kappa shape index (κ2) is 2.53. The van der Waals surface area contributed by atoms with Gasteiger partial charge in [0.15, 0.2) is 6.10 Å². The predicted octanol–water partition coefficient (Wildman–Crippen LogP) is 0.0951. The number of nitrogens with zero attached hydrogens (tertiary/aromatic N) is 3. The Kier molecular flexibility index (Phi) is 1.72. The molecule has 0 aliphatic carbocycles. The van der Waals surface area contributed by atoms with Crippen molar-refractivity contribution in [2.75, 3.05) is 0 Å². The Morgan fingerprint density at radius 1 is 1.89 bits per heavy atom. The molecule has 1 N–H and O–H groups in total. The van der Waals surface area contributed by atoms with Gasteiger partial charge < -0.3 is 5.11 Å². The fourth-order valence-electron chi connectivity index (χ4n) is 0.357. The quantitative estimate of drug-likeness (QED) is 0.563. The Morgan fingerprint density at radius 2 is 2.67 bits per heavy atom. The molecule has 0 amide bonds. The standard InChI is InChI=1S/C4H3N3OS/c5-1-4(8)3-2-9-7-6-3/h2,4,8H. The maximum absolute atomic E-state index is 8.76. The Morgan fingerprint density at radius 3 is 3.11 bits per heavy atom. The number of hydrogen-bond donors (Lipinski definition) is 1. The van der Waals surface area contributed by atoms with Gasteiger partial charge in [-0.25, -0.2) is 0 Å². The summed E-state index contributed by atoms with van der Waals surface area (Å²) in [5.41, 5.74) is 0.322. The van der Waals surface area contributed by atoms with Crippen LogP contribution in [-0.4, -0.2) is 14.7 Å². The zero-order valence-corrected chi connectivity index (χ0v) is 5.17.